The Labute approximate surface area is 198 Å². The molecule has 0 saturated heterocycles. The molecule has 0 fully saturated rings. The van der Waals surface area contributed by atoms with Gasteiger partial charge in [-0.15, -0.1) is 0 Å². The molecule has 2 heterocycles. The number of aryl methyl sites for hydroxylation is 2. The van der Waals surface area contributed by atoms with Gasteiger partial charge >= 0.3 is 0 Å². The van der Waals surface area contributed by atoms with Crippen LogP contribution in [-0.4, -0.2) is 21.6 Å². The summed E-state index contributed by atoms with van der Waals surface area (Å²) in [5.41, 5.74) is 6.71. The maximum atomic E-state index is 12.6. The van der Waals surface area contributed by atoms with Crippen LogP contribution in [0.1, 0.15) is 53.0 Å². The number of hydrogen-bond acceptors (Lipinski definition) is 3. The van der Waals surface area contributed by atoms with Gasteiger partial charge in [0.2, 0.25) is 11.8 Å². The number of halogens is 1. The Morgan fingerprint density at radius 3 is 2.82 bits per heavy atom. The molecule has 2 amide bonds. The highest BCUT2D eigenvalue weighted by molar-refractivity contribution is 6.31. The zero-order chi connectivity index (χ0) is 23.5. The molecule has 1 unspecified atom stereocenters. The van der Waals surface area contributed by atoms with Gasteiger partial charge in [-0.3, -0.25) is 14.3 Å². The lowest BCUT2D eigenvalue weighted by Gasteiger charge is -2.20. The first-order valence-corrected chi connectivity index (χ1v) is 11.4. The number of hydrogen-bond donors (Lipinski definition) is 2. The molecule has 4 rings (SSSR count). The summed E-state index contributed by atoms with van der Waals surface area (Å²) in [7, 11) is 0. The van der Waals surface area contributed by atoms with Crippen molar-refractivity contribution < 1.29 is 9.59 Å². The number of anilines is 1. The third-order valence-electron chi connectivity index (χ3n) is 6.00. The van der Waals surface area contributed by atoms with Gasteiger partial charge in [0.25, 0.3) is 0 Å². The van der Waals surface area contributed by atoms with E-state index in [9.17, 15) is 9.59 Å². The minimum Gasteiger partial charge on any atom is -0.346 e. The SMILES string of the molecule is Cc1nn(Cc2ccccc2Cl)c(C)c1C=CC(=O)NC(C)c1ccc2c(c1)CCC(=O)N2. The minimum atomic E-state index is -0.175. The van der Waals surface area contributed by atoms with Crippen molar-refractivity contribution in [2.75, 3.05) is 5.32 Å². The number of carbonyl (C=O) groups excluding carboxylic acids is 2. The maximum absolute atomic E-state index is 12.6. The Bertz CT molecular complexity index is 1250. The Balaban J connectivity index is 1.43. The van der Waals surface area contributed by atoms with Crippen molar-refractivity contribution in [2.45, 2.75) is 46.2 Å². The Morgan fingerprint density at radius 2 is 2.03 bits per heavy atom. The Kier molecular flexibility index (Phi) is 6.65. The quantitative estimate of drug-likeness (QED) is 0.507. The van der Waals surface area contributed by atoms with E-state index in [0.29, 0.717) is 24.4 Å². The largest absolute Gasteiger partial charge is 0.346 e. The third-order valence-corrected chi connectivity index (χ3v) is 6.37. The molecule has 6 nitrogen and oxygen atoms in total. The van der Waals surface area contributed by atoms with Crippen LogP contribution in [0.4, 0.5) is 5.69 Å². The van der Waals surface area contributed by atoms with Crippen molar-refractivity contribution in [2.24, 2.45) is 0 Å². The molecular weight excluding hydrogens is 436 g/mol. The number of fused-ring (bicyclic) bond motifs is 1. The summed E-state index contributed by atoms with van der Waals surface area (Å²) < 4.78 is 1.91. The molecule has 0 saturated carbocycles. The second-order valence-electron chi connectivity index (χ2n) is 8.36. The molecule has 33 heavy (non-hydrogen) atoms. The first-order valence-electron chi connectivity index (χ1n) is 11.0. The molecule has 0 radical (unpaired) electrons. The van der Waals surface area contributed by atoms with Gasteiger partial charge in [-0.05, 0) is 62.1 Å². The average Bonchev–Trinajstić information content (AvgIpc) is 3.05. The molecule has 170 valence electrons. The molecule has 1 aliphatic rings. The van der Waals surface area contributed by atoms with Gasteiger partial charge in [-0.2, -0.15) is 5.10 Å². The zero-order valence-corrected chi connectivity index (χ0v) is 19.7. The lowest BCUT2D eigenvalue weighted by molar-refractivity contribution is -0.117. The normalized spacial score (nSPS) is 14.1. The van der Waals surface area contributed by atoms with Crippen molar-refractivity contribution in [3.63, 3.8) is 0 Å². The lowest BCUT2D eigenvalue weighted by atomic mass is 9.98. The summed E-state index contributed by atoms with van der Waals surface area (Å²) in [4.78, 5) is 24.1. The summed E-state index contributed by atoms with van der Waals surface area (Å²) >= 11 is 6.29. The van der Waals surface area contributed by atoms with E-state index in [-0.39, 0.29) is 17.9 Å². The number of nitrogens with zero attached hydrogens (tertiary/aromatic N) is 2. The van der Waals surface area contributed by atoms with E-state index >= 15 is 0 Å². The van der Waals surface area contributed by atoms with Crippen LogP contribution in [0.15, 0.2) is 48.5 Å². The summed E-state index contributed by atoms with van der Waals surface area (Å²) in [5, 5.41) is 11.2. The highest BCUT2D eigenvalue weighted by Gasteiger charge is 2.17. The number of aromatic nitrogens is 2. The number of benzene rings is 2. The fraction of sp³-hybridized carbons (Fsp3) is 0.269. The molecule has 0 spiro atoms. The van der Waals surface area contributed by atoms with Crippen LogP contribution < -0.4 is 10.6 Å². The van der Waals surface area contributed by atoms with Crippen LogP contribution in [-0.2, 0) is 22.6 Å². The predicted molar refractivity (Wildman–Crippen MR) is 131 cm³/mol. The monoisotopic (exact) mass is 462 g/mol. The van der Waals surface area contributed by atoms with E-state index in [1.54, 1.807) is 6.08 Å². The van der Waals surface area contributed by atoms with Gasteiger partial charge in [0.15, 0.2) is 0 Å². The van der Waals surface area contributed by atoms with E-state index in [1.165, 1.54) is 0 Å². The highest BCUT2D eigenvalue weighted by atomic mass is 35.5. The number of amides is 2. The van der Waals surface area contributed by atoms with Crippen molar-refractivity contribution in [1.82, 2.24) is 15.1 Å². The standard InChI is InChI=1S/C26H27ClN4O2/c1-16(19-8-11-24-20(14-19)9-12-26(33)29-24)28-25(32)13-10-22-17(2)30-31(18(22)3)15-21-6-4-5-7-23(21)27/h4-8,10-11,13-14,16H,9,12,15H2,1-3H3,(H,28,32)(H,29,33). The molecule has 2 aromatic carbocycles. The van der Waals surface area contributed by atoms with Gasteiger partial charge in [0.05, 0.1) is 18.3 Å². The molecular formula is C26H27ClN4O2. The van der Waals surface area contributed by atoms with Crippen LogP contribution in [0.3, 0.4) is 0 Å². The summed E-state index contributed by atoms with van der Waals surface area (Å²) in [6, 6.07) is 13.4. The fourth-order valence-corrected chi connectivity index (χ4v) is 4.27. The van der Waals surface area contributed by atoms with Crippen LogP contribution in [0, 0.1) is 13.8 Å². The molecule has 2 N–H and O–H groups in total. The van der Waals surface area contributed by atoms with E-state index in [2.05, 4.69) is 21.8 Å². The first kappa shape index (κ1) is 22.8. The van der Waals surface area contributed by atoms with E-state index in [0.717, 1.165) is 39.3 Å². The summed E-state index contributed by atoms with van der Waals surface area (Å²) in [5.74, 6) is -0.131. The molecule has 1 aliphatic heterocycles. The Morgan fingerprint density at radius 1 is 1.24 bits per heavy atom. The Hall–Kier alpha value is -3.38. The number of nitrogens with one attached hydrogen (secondary N) is 2. The smallest absolute Gasteiger partial charge is 0.244 e. The summed E-state index contributed by atoms with van der Waals surface area (Å²) in [6.45, 7) is 6.44. The van der Waals surface area contributed by atoms with E-state index < -0.39 is 0 Å². The van der Waals surface area contributed by atoms with Gasteiger partial charge < -0.3 is 10.6 Å². The lowest BCUT2D eigenvalue weighted by Crippen LogP contribution is -2.25. The van der Waals surface area contributed by atoms with Crippen LogP contribution in [0.5, 0.6) is 0 Å². The molecule has 0 aliphatic carbocycles. The van der Waals surface area contributed by atoms with Crippen LogP contribution in [0.2, 0.25) is 5.02 Å². The second-order valence-corrected chi connectivity index (χ2v) is 8.77. The molecule has 7 heteroatoms. The van der Waals surface area contributed by atoms with Crippen LogP contribution >= 0.6 is 11.6 Å². The predicted octanol–water partition coefficient (Wildman–Crippen LogP) is 4.98. The van der Waals surface area contributed by atoms with E-state index in [1.807, 2.05) is 67.9 Å². The van der Waals surface area contributed by atoms with Crippen molar-refractivity contribution >= 4 is 35.2 Å². The number of carbonyl (C=O) groups is 2. The van der Waals surface area contributed by atoms with Crippen molar-refractivity contribution in [1.29, 1.82) is 0 Å². The van der Waals surface area contributed by atoms with Crippen molar-refractivity contribution in [3.05, 3.63) is 87.2 Å². The highest BCUT2D eigenvalue weighted by Crippen LogP contribution is 2.26. The third kappa shape index (κ3) is 5.17. The first-order chi connectivity index (χ1) is 15.8. The number of rotatable bonds is 6. The topological polar surface area (TPSA) is 76.0 Å². The maximum Gasteiger partial charge on any atom is 0.244 e. The molecule has 0 bridgehead atoms. The van der Waals surface area contributed by atoms with E-state index in [4.69, 9.17) is 11.6 Å². The fourth-order valence-electron chi connectivity index (χ4n) is 4.07. The van der Waals surface area contributed by atoms with Crippen LogP contribution in [0.25, 0.3) is 6.08 Å². The molecule has 3 aromatic rings. The zero-order valence-electron chi connectivity index (χ0n) is 19.0. The van der Waals surface area contributed by atoms with Gasteiger partial charge in [0, 0.05) is 34.5 Å². The minimum absolute atomic E-state index is 0.0440. The summed E-state index contributed by atoms with van der Waals surface area (Å²) in [6.07, 6.45) is 4.56. The average molecular weight is 463 g/mol. The van der Waals surface area contributed by atoms with Crippen molar-refractivity contribution in [3.8, 4) is 0 Å². The van der Waals surface area contributed by atoms with Gasteiger partial charge in [-0.1, -0.05) is 41.9 Å². The van der Waals surface area contributed by atoms with Gasteiger partial charge in [0.1, 0.15) is 0 Å². The van der Waals surface area contributed by atoms with Gasteiger partial charge in [-0.25, -0.2) is 0 Å². The molecule has 1 atom stereocenters. The second kappa shape index (κ2) is 9.63. The molecule has 1 aromatic heterocycles.